The molecule has 0 heterocycles. The number of anilines is 1. The SMILES string of the molecule is CC(C)c1cc(C(C)C)c(-c2ccccc2[PH][Pd-4]([Cl])([c]2ccccc2-c2ccccc2N)([CH]2CCCCC2)[CH]2CCCCC2)c(C(C)C)c1. The van der Waals surface area contributed by atoms with Crippen LogP contribution in [0, 0.1) is 0 Å². The molecule has 1 nitrogen and oxygen atoms in total. The fourth-order valence-electron chi connectivity index (χ4n) is 8.32. The predicted octanol–water partition coefficient (Wildman–Crippen LogP) is 13.9. The van der Waals surface area contributed by atoms with Crippen molar-refractivity contribution < 1.29 is 12.8 Å². The molecule has 0 saturated heterocycles. The summed E-state index contributed by atoms with van der Waals surface area (Å²) in [6.45, 7) is 14.8. The molecule has 0 radical (unpaired) electrons. The van der Waals surface area contributed by atoms with Gasteiger partial charge in [-0.05, 0) is 0 Å². The second-order valence-electron chi connectivity index (χ2n) is 15.4. The zero-order valence-electron chi connectivity index (χ0n) is 30.8. The van der Waals surface area contributed by atoms with Crippen LogP contribution in [0.5, 0.6) is 0 Å². The molecule has 2 fully saturated rings. The van der Waals surface area contributed by atoms with Gasteiger partial charge in [-0.15, -0.1) is 0 Å². The molecule has 2 aliphatic rings. The minimum absolute atomic E-state index is 0.426. The molecule has 1 unspecified atom stereocenters. The Morgan fingerprint density at radius 3 is 1.57 bits per heavy atom. The maximum atomic E-state index is 9.29. The molecule has 0 aromatic heterocycles. The van der Waals surface area contributed by atoms with Gasteiger partial charge in [-0.25, -0.2) is 0 Å². The summed E-state index contributed by atoms with van der Waals surface area (Å²) in [6, 6.07) is 32.4. The monoisotopic (exact) mass is 786 g/mol. The first-order valence-corrected chi connectivity index (χ1v) is 26.7. The Morgan fingerprint density at radius 1 is 0.592 bits per heavy atom. The molecule has 4 aromatic rings. The first-order valence-electron chi connectivity index (χ1n) is 18.9. The van der Waals surface area contributed by atoms with Crippen molar-refractivity contribution in [2.45, 2.75) is 132 Å². The topological polar surface area (TPSA) is 26.0 Å². The second-order valence-corrected chi connectivity index (χ2v) is 32.8. The van der Waals surface area contributed by atoms with Gasteiger partial charge >= 0.3 is 306 Å². The van der Waals surface area contributed by atoms with Crippen LogP contribution in [-0.4, -0.2) is 0 Å². The Bertz CT molecular complexity index is 1700. The summed E-state index contributed by atoms with van der Waals surface area (Å²) in [7, 11) is 9.29. The van der Waals surface area contributed by atoms with Gasteiger partial charge in [0.25, 0.3) is 0 Å². The molecule has 4 aromatic carbocycles. The summed E-state index contributed by atoms with van der Waals surface area (Å²) in [5.74, 6) is 1.35. The Morgan fingerprint density at radius 2 is 1.06 bits per heavy atom. The number of para-hydroxylation sites is 1. The van der Waals surface area contributed by atoms with E-state index in [1.807, 2.05) is 0 Å². The van der Waals surface area contributed by atoms with Gasteiger partial charge in [0, 0.05) is 0 Å². The molecule has 2 saturated carbocycles. The molecule has 0 amide bonds. The van der Waals surface area contributed by atoms with Crippen molar-refractivity contribution in [2.75, 3.05) is 5.73 Å². The van der Waals surface area contributed by atoms with Crippen LogP contribution in [0.2, 0.25) is 8.78 Å². The number of nitrogens with two attached hydrogens (primary N) is 1. The quantitative estimate of drug-likeness (QED) is 0.0967. The molecule has 2 N–H and O–H groups in total. The summed E-state index contributed by atoms with van der Waals surface area (Å²) >= 11 is -3.77. The first-order chi connectivity index (χ1) is 23.5. The number of rotatable bonds is 10. The van der Waals surface area contributed by atoms with Crippen LogP contribution < -0.4 is 15.1 Å². The summed E-state index contributed by atoms with van der Waals surface area (Å²) in [5.41, 5.74) is 17.4. The number of hydrogen-bond acceptors (Lipinski definition) is 1. The van der Waals surface area contributed by atoms with Crippen LogP contribution >= 0.6 is 16.3 Å². The number of nitrogen functional groups attached to an aromatic ring is 1. The van der Waals surface area contributed by atoms with E-state index in [4.69, 9.17) is 5.73 Å². The standard InChI is InChI=1S/C21H28P.C12H10N.2C6H11.ClH.Pd/c1-13(2)16-11-18(14(3)4)21(19(12-16)15(5)6)17-9-7-8-10-20(17)22;13-12-9-5-4-8-11(12)10-6-2-1-3-7-10;2*1-2-4-6-5-3-1;;/h7-15,22H,1-6H3;1-6,8-9H,13H2;2*1H,2-6H2;1H;/q-1;;;;;-2/p-1. The van der Waals surface area contributed by atoms with Crippen molar-refractivity contribution in [1.29, 1.82) is 0 Å². The molecule has 0 aliphatic heterocycles. The van der Waals surface area contributed by atoms with Crippen LogP contribution in [0.3, 0.4) is 0 Å². The van der Waals surface area contributed by atoms with E-state index in [2.05, 4.69) is 126 Å². The van der Waals surface area contributed by atoms with Crippen molar-refractivity contribution in [3.8, 4) is 22.3 Å². The average Bonchev–Trinajstić information content (AvgIpc) is 3.12. The minimum atomic E-state index is -3.77. The van der Waals surface area contributed by atoms with Gasteiger partial charge in [-0.1, -0.05) is 0 Å². The molecular weight excluding hydrogens is 727 g/mol. The Balaban J connectivity index is 1.68. The Labute approximate surface area is 304 Å². The van der Waals surface area contributed by atoms with Gasteiger partial charge in [-0.3, -0.25) is 0 Å². The van der Waals surface area contributed by atoms with Crippen molar-refractivity contribution in [3.63, 3.8) is 0 Å². The van der Waals surface area contributed by atoms with E-state index in [0.29, 0.717) is 33.3 Å². The zero-order valence-corrected chi connectivity index (χ0v) is 34.1. The van der Waals surface area contributed by atoms with E-state index < -0.39 is 12.8 Å². The van der Waals surface area contributed by atoms with E-state index in [1.165, 1.54) is 107 Å². The van der Waals surface area contributed by atoms with E-state index in [1.54, 1.807) is 0 Å². The molecule has 0 bridgehead atoms. The maximum absolute atomic E-state index is 9.29. The number of halogens is 1. The van der Waals surface area contributed by atoms with Crippen LogP contribution in [0.25, 0.3) is 22.3 Å². The summed E-state index contributed by atoms with van der Waals surface area (Å²) in [5, 5.41) is 1.49. The fraction of sp³-hybridized carbons (Fsp3) is 0.467. The van der Waals surface area contributed by atoms with Gasteiger partial charge in [0.2, 0.25) is 0 Å². The van der Waals surface area contributed by atoms with Crippen molar-refractivity contribution in [3.05, 3.63) is 102 Å². The third-order valence-electron chi connectivity index (χ3n) is 11.0. The average molecular weight is 788 g/mol. The van der Waals surface area contributed by atoms with Gasteiger partial charge in [0.05, 0.1) is 0 Å². The molecular formula is C45H60ClNPPd-4. The Kier molecular flexibility index (Phi) is 11.5. The molecule has 2 aliphatic carbocycles. The first kappa shape index (κ1) is 36.8. The normalized spacial score (nSPS) is 17.7. The second kappa shape index (κ2) is 15.3. The fourth-order valence-corrected chi connectivity index (χ4v) is 31.0. The number of benzene rings is 4. The Hall–Kier alpha value is -1.94. The third kappa shape index (κ3) is 7.00. The van der Waals surface area contributed by atoms with Gasteiger partial charge < -0.3 is 0 Å². The number of hydrogen-bond donors (Lipinski definition) is 1. The van der Waals surface area contributed by atoms with E-state index in [0.717, 1.165) is 11.3 Å². The van der Waals surface area contributed by atoms with E-state index in [-0.39, 0.29) is 0 Å². The van der Waals surface area contributed by atoms with Crippen molar-refractivity contribution in [1.82, 2.24) is 0 Å². The van der Waals surface area contributed by atoms with Crippen LogP contribution in [-0.2, 0) is 12.8 Å². The summed E-state index contributed by atoms with van der Waals surface area (Å²) < 4.78 is 2.57. The summed E-state index contributed by atoms with van der Waals surface area (Å²) in [4.78, 5) is 0. The molecule has 6 rings (SSSR count). The van der Waals surface area contributed by atoms with Gasteiger partial charge in [-0.2, -0.15) is 0 Å². The molecule has 1 atom stereocenters. The predicted molar refractivity (Wildman–Crippen MR) is 218 cm³/mol. The van der Waals surface area contributed by atoms with Crippen LogP contribution in [0.15, 0.2) is 84.9 Å². The van der Waals surface area contributed by atoms with E-state index in [9.17, 15) is 9.53 Å². The molecule has 49 heavy (non-hydrogen) atoms. The van der Waals surface area contributed by atoms with Crippen LogP contribution in [0.4, 0.5) is 5.69 Å². The van der Waals surface area contributed by atoms with Gasteiger partial charge in [0.15, 0.2) is 0 Å². The molecule has 271 valence electrons. The third-order valence-corrected chi connectivity index (χ3v) is 32.9. The molecule has 4 heteroatoms. The summed E-state index contributed by atoms with van der Waals surface area (Å²) in [6.07, 6.45) is 12.9. The zero-order chi connectivity index (χ0) is 34.8. The van der Waals surface area contributed by atoms with Gasteiger partial charge in [0.1, 0.15) is 0 Å². The van der Waals surface area contributed by atoms with E-state index >= 15 is 0 Å². The van der Waals surface area contributed by atoms with Crippen LogP contribution in [0.1, 0.15) is 140 Å². The van der Waals surface area contributed by atoms with Crippen molar-refractivity contribution in [2.24, 2.45) is 0 Å². The van der Waals surface area contributed by atoms with Crippen molar-refractivity contribution >= 4 is 31.3 Å². The molecule has 0 spiro atoms.